The number of carboxylic acids is 1. The first-order valence-corrected chi connectivity index (χ1v) is 7.35. The molecule has 1 aromatic heterocycles. The molecule has 1 atom stereocenters. The van der Waals surface area contributed by atoms with Crippen molar-refractivity contribution in [2.75, 3.05) is 0 Å². The highest BCUT2D eigenvalue weighted by Gasteiger charge is 2.24. The van der Waals surface area contributed by atoms with E-state index in [0.717, 1.165) is 10.0 Å². The number of nitrogens with one attached hydrogen (secondary N) is 1. The van der Waals surface area contributed by atoms with Crippen molar-refractivity contribution in [2.24, 2.45) is 0 Å². The van der Waals surface area contributed by atoms with Crippen molar-refractivity contribution < 1.29 is 19.4 Å². The van der Waals surface area contributed by atoms with Crippen LogP contribution in [0, 0.1) is 0 Å². The van der Waals surface area contributed by atoms with Crippen LogP contribution in [0.25, 0.3) is 0 Å². The summed E-state index contributed by atoms with van der Waals surface area (Å²) < 4.78 is 5.89. The Morgan fingerprint density at radius 3 is 2.53 bits per heavy atom. The van der Waals surface area contributed by atoms with Gasteiger partial charge in [0.2, 0.25) is 0 Å². The lowest BCUT2D eigenvalue weighted by Crippen LogP contribution is -2.44. The molecule has 19 heavy (non-hydrogen) atoms. The first-order valence-electron chi connectivity index (χ1n) is 5.62. The number of rotatable bonds is 4. The molecule has 0 spiro atoms. The molecule has 0 aliphatic rings. The Labute approximate surface area is 124 Å². The van der Waals surface area contributed by atoms with Crippen LogP contribution in [0.3, 0.4) is 0 Å². The Kier molecular flexibility index (Phi) is 5.37. The number of carboxylic acid groups (broad SMARTS) is 1. The number of thiophene rings is 1. The second-order valence-corrected chi connectivity index (χ2v) is 6.58. The summed E-state index contributed by atoms with van der Waals surface area (Å²) in [6.07, 6.45) is -0.523. The minimum absolute atomic E-state index is 0.207. The van der Waals surface area contributed by atoms with E-state index in [1.807, 2.05) is 10.8 Å². The van der Waals surface area contributed by atoms with E-state index in [2.05, 4.69) is 21.2 Å². The van der Waals surface area contributed by atoms with Crippen LogP contribution in [0.2, 0.25) is 0 Å². The van der Waals surface area contributed by atoms with Crippen LogP contribution in [0.1, 0.15) is 26.3 Å². The molecule has 7 heteroatoms. The zero-order chi connectivity index (χ0) is 14.6. The fourth-order valence-electron chi connectivity index (χ4n) is 1.32. The van der Waals surface area contributed by atoms with Gasteiger partial charge in [-0.2, -0.15) is 11.3 Å². The summed E-state index contributed by atoms with van der Waals surface area (Å²) in [5.74, 6) is -1.09. The second-order valence-electron chi connectivity index (χ2n) is 4.99. The smallest absolute Gasteiger partial charge is 0.408 e. The molecule has 2 N–H and O–H groups in total. The Morgan fingerprint density at radius 1 is 1.47 bits per heavy atom. The van der Waals surface area contributed by atoms with Crippen LogP contribution in [0.5, 0.6) is 0 Å². The van der Waals surface area contributed by atoms with Gasteiger partial charge in [0.05, 0.1) is 0 Å². The van der Waals surface area contributed by atoms with Gasteiger partial charge in [0.25, 0.3) is 0 Å². The molecule has 1 heterocycles. The highest BCUT2D eigenvalue weighted by atomic mass is 79.9. The molecule has 0 bridgehead atoms. The summed E-state index contributed by atoms with van der Waals surface area (Å²) >= 11 is 4.80. The Morgan fingerprint density at radius 2 is 2.11 bits per heavy atom. The standard InChI is InChI=1S/C12H16BrNO4S/c1-12(2,3)18-11(17)14-9(10(15)16)4-7-5-19-6-8(7)13/h5-6,9H,4H2,1-3H3,(H,14,17)(H,15,16). The Balaban J connectivity index is 2.67. The normalized spacial score (nSPS) is 12.8. The number of carbonyl (C=O) groups is 2. The van der Waals surface area contributed by atoms with Crippen molar-refractivity contribution in [2.45, 2.75) is 38.8 Å². The van der Waals surface area contributed by atoms with Crippen molar-refractivity contribution >= 4 is 39.3 Å². The minimum Gasteiger partial charge on any atom is -0.480 e. The van der Waals surface area contributed by atoms with Crippen molar-refractivity contribution in [1.29, 1.82) is 0 Å². The lowest BCUT2D eigenvalue weighted by Gasteiger charge is -2.22. The van der Waals surface area contributed by atoms with Crippen LogP contribution < -0.4 is 5.32 Å². The van der Waals surface area contributed by atoms with Gasteiger partial charge in [-0.25, -0.2) is 9.59 Å². The highest BCUT2D eigenvalue weighted by Crippen LogP contribution is 2.22. The van der Waals surface area contributed by atoms with Crippen LogP contribution in [-0.4, -0.2) is 28.8 Å². The van der Waals surface area contributed by atoms with Gasteiger partial charge in [-0.3, -0.25) is 0 Å². The van der Waals surface area contributed by atoms with Gasteiger partial charge in [0.15, 0.2) is 0 Å². The SMILES string of the molecule is CC(C)(C)OC(=O)NC(Cc1cscc1Br)C(=O)O. The number of hydrogen-bond acceptors (Lipinski definition) is 4. The van der Waals surface area contributed by atoms with Crippen molar-refractivity contribution in [3.63, 3.8) is 0 Å². The van der Waals surface area contributed by atoms with Gasteiger partial charge in [-0.1, -0.05) is 0 Å². The zero-order valence-corrected chi connectivity index (χ0v) is 13.3. The first kappa shape index (κ1) is 16.0. The van der Waals surface area contributed by atoms with Gasteiger partial charge in [-0.15, -0.1) is 0 Å². The predicted molar refractivity (Wildman–Crippen MR) is 76.5 cm³/mol. The first-order chi connectivity index (χ1) is 8.69. The molecule has 0 saturated heterocycles. The maximum Gasteiger partial charge on any atom is 0.408 e. The van der Waals surface area contributed by atoms with Crippen molar-refractivity contribution in [3.05, 3.63) is 20.8 Å². The quantitative estimate of drug-likeness (QED) is 0.875. The number of alkyl carbamates (subject to hydrolysis) is 1. The Hall–Kier alpha value is -1.08. The lowest BCUT2D eigenvalue weighted by molar-refractivity contribution is -0.139. The number of hydrogen-bond donors (Lipinski definition) is 2. The van der Waals surface area contributed by atoms with E-state index in [1.54, 1.807) is 20.8 Å². The van der Waals surface area contributed by atoms with Crippen LogP contribution in [-0.2, 0) is 16.0 Å². The second kappa shape index (κ2) is 6.38. The molecule has 1 rings (SSSR count). The molecule has 0 saturated carbocycles. The average Bonchev–Trinajstić information content (AvgIpc) is 2.60. The van der Waals surface area contributed by atoms with Crippen LogP contribution >= 0.6 is 27.3 Å². The molecular weight excluding hydrogens is 334 g/mol. The molecule has 1 aromatic rings. The van der Waals surface area contributed by atoms with Crippen LogP contribution in [0.15, 0.2) is 15.2 Å². The van der Waals surface area contributed by atoms with E-state index in [1.165, 1.54) is 11.3 Å². The highest BCUT2D eigenvalue weighted by molar-refractivity contribution is 9.10. The molecule has 1 unspecified atom stereocenters. The van der Waals surface area contributed by atoms with E-state index in [9.17, 15) is 9.59 Å². The maximum atomic E-state index is 11.6. The molecule has 0 aliphatic heterocycles. The van der Waals surface area contributed by atoms with Gasteiger partial charge in [-0.05, 0) is 47.6 Å². The zero-order valence-electron chi connectivity index (χ0n) is 10.9. The molecule has 5 nitrogen and oxygen atoms in total. The van der Waals surface area contributed by atoms with E-state index in [-0.39, 0.29) is 6.42 Å². The Bertz CT molecular complexity index is 467. The number of ether oxygens (including phenoxy) is 1. The average molecular weight is 350 g/mol. The van der Waals surface area contributed by atoms with Gasteiger partial charge in [0, 0.05) is 16.3 Å². The largest absolute Gasteiger partial charge is 0.480 e. The third-order valence-electron chi connectivity index (χ3n) is 2.10. The summed E-state index contributed by atoms with van der Waals surface area (Å²) in [4.78, 5) is 22.7. The minimum atomic E-state index is -1.09. The molecule has 0 aromatic carbocycles. The summed E-state index contributed by atoms with van der Waals surface area (Å²) in [5, 5.41) is 15.2. The number of halogens is 1. The molecular formula is C12H16BrNO4S. The van der Waals surface area contributed by atoms with Gasteiger partial charge in [0.1, 0.15) is 11.6 Å². The van der Waals surface area contributed by atoms with Gasteiger partial charge < -0.3 is 15.2 Å². The summed E-state index contributed by atoms with van der Waals surface area (Å²) in [6.45, 7) is 5.16. The van der Waals surface area contributed by atoms with E-state index in [0.29, 0.717) is 0 Å². The third-order valence-corrected chi connectivity index (χ3v) is 3.94. The van der Waals surface area contributed by atoms with Crippen molar-refractivity contribution in [1.82, 2.24) is 5.32 Å². The summed E-state index contributed by atoms with van der Waals surface area (Å²) in [5.41, 5.74) is 0.185. The topological polar surface area (TPSA) is 75.6 Å². The fraction of sp³-hybridized carbons (Fsp3) is 0.500. The van der Waals surface area contributed by atoms with Crippen LogP contribution in [0.4, 0.5) is 4.79 Å². The monoisotopic (exact) mass is 349 g/mol. The van der Waals surface area contributed by atoms with E-state index < -0.39 is 23.7 Å². The fourth-order valence-corrected chi connectivity index (χ4v) is 2.80. The van der Waals surface area contributed by atoms with Gasteiger partial charge >= 0.3 is 12.1 Å². The third kappa shape index (κ3) is 5.61. The summed E-state index contributed by atoms with van der Waals surface area (Å²) in [6, 6.07) is -1.01. The molecule has 0 radical (unpaired) electrons. The number of carbonyl (C=O) groups excluding carboxylic acids is 1. The molecule has 0 fully saturated rings. The number of aliphatic carboxylic acids is 1. The predicted octanol–water partition coefficient (Wildman–Crippen LogP) is 3.03. The summed E-state index contributed by atoms with van der Waals surface area (Å²) in [7, 11) is 0. The molecule has 1 amide bonds. The van der Waals surface area contributed by atoms with E-state index >= 15 is 0 Å². The number of amides is 1. The molecule has 0 aliphatic carbocycles. The van der Waals surface area contributed by atoms with Crippen molar-refractivity contribution in [3.8, 4) is 0 Å². The maximum absolute atomic E-state index is 11.6. The van der Waals surface area contributed by atoms with E-state index in [4.69, 9.17) is 9.84 Å². The molecule has 106 valence electrons. The lowest BCUT2D eigenvalue weighted by atomic mass is 10.1.